The fourth-order valence-corrected chi connectivity index (χ4v) is 3.01. The second kappa shape index (κ2) is 11.0. The Labute approximate surface area is 171 Å². The largest absolute Gasteiger partial charge is 0.452 e. The standard InChI is InChI=1S/C23H28N2O4/c1-4-10-17(2)24-21(26)16-29-23(28)20-14-9-8-13-19(20)22(27)25(3)15-18-11-6-5-7-12-18/h5-9,11-14,17H,4,10,15-16H2,1-3H3,(H,24,26). The first-order chi connectivity index (χ1) is 13.9. The molecule has 154 valence electrons. The highest BCUT2D eigenvalue weighted by Gasteiger charge is 2.21. The lowest BCUT2D eigenvalue weighted by Crippen LogP contribution is -2.36. The van der Waals surface area contributed by atoms with E-state index in [1.165, 1.54) is 6.07 Å². The van der Waals surface area contributed by atoms with Gasteiger partial charge in [-0.2, -0.15) is 0 Å². The Kier molecular flexibility index (Phi) is 8.40. The van der Waals surface area contributed by atoms with Crippen LogP contribution in [-0.2, 0) is 16.1 Å². The van der Waals surface area contributed by atoms with Crippen LogP contribution in [0.15, 0.2) is 54.6 Å². The quantitative estimate of drug-likeness (QED) is 0.659. The fraction of sp³-hybridized carbons (Fsp3) is 0.348. The van der Waals surface area contributed by atoms with Gasteiger partial charge in [0.2, 0.25) is 0 Å². The maximum atomic E-state index is 12.9. The first-order valence-corrected chi connectivity index (χ1v) is 9.77. The van der Waals surface area contributed by atoms with Crippen LogP contribution in [-0.4, -0.2) is 42.4 Å². The summed E-state index contributed by atoms with van der Waals surface area (Å²) in [6, 6.07) is 16.1. The first-order valence-electron chi connectivity index (χ1n) is 9.77. The minimum atomic E-state index is -0.694. The number of hydrogen-bond donors (Lipinski definition) is 1. The molecular weight excluding hydrogens is 368 g/mol. The molecule has 0 aliphatic heterocycles. The van der Waals surface area contributed by atoms with Gasteiger partial charge in [-0.1, -0.05) is 55.8 Å². The summed E-state index contributed by atoms with van der Waals surface area (Å²) in [4.78, 5) is 38.8. The molecule has 2 aromatic rings. The van der Waals surface area contributed by atoms with Crippen molar-refractivity contribution in [3.05, 3.63) is 71.3 Å². The van der Waals surface area contributed by atoms with Gasteiger partial charge in [0.15, 0.2) is 6.61 Å². The highest BCUT2D eigenvalue weighted by atomic mass is 16.5. The molecule has 1 atom stereocenters. The van der Waals surface area contributed by atoms with E-state index in [1.807, 2.05) is 44.2 Å². The van der Waals surface area contributed by atoms with Crippen LogP contribution in [0.2, 0.25) is 0 Å². The Morgan fingerprint density at radius 2 is 1.62 bits per heavy atom. The number of carbonyl (C=O) groups is 3. The van der Waals surface area contributed by atoms with E-state index in [1.54, 1.807) is 30.1 Å². The van der Waals surface area contributed by atoms with Gasteiger partial charge in [0.25, 0.3) is 11.8 Å². The van der Waals surface area contributed by atoms with Crippen LogP contribution in [0.1, 0.15) is 53.0 Å². The van der Waals surface area contributed by atoms with Crippen LogP contribution in [0, 0.1) is 0 Å². The fourth-order valence-electron chi connectivity index (χ4n) is 3.01. The van der Waals surface area contributed by atoms with E-state index in [9.17, 15) is 14.4 Å². The highest BCUT2D eigenvalue weighted by Crippen LogP contribution is 2.14. The number of rotatable bonds is 9. The van der Waals surface area contributed by atoms with Crippen molar-refractivity contribution in [3.63, 3.8) is 0 Å². The molecule has 0 fully saturated rings. The molecule has 0 heterocycles. The Bertz CT molecular complexity index is 836. The van der Waals surface area contributed by atoms with Gasteiger partial charge in [-0.05, 0) is 31.0 Å². The maximum absolute atomic E-state index is 12.9. The minimum absolute atomic E-state index is 0.0201. The van der Waals surface area contributed by atoms with Gasteiger partial charge in [0.05, 0.1) is 11.1 Å². The molecule has 0 saturated heterocycles. The molecule has 2 amide bonds. The van der Waals surface area contributed by atoms with E-state index >= 15 is 0 Å². The van der Waals surface area contributed by atoms with Crippen LogP contribution in [0.4, 0.5) is 0 Å². The Morgan fingerprint density at radius 3 is 2.28 bits per heavy atom. The van der Waals surface area contributed by atoms with Crippen molar-refractivity contribution in [1.29, 1.82) is 0 Å². The summed E-state index contributed by atoms with van der Waals surface area (Å²) < 4.78 is 5.14. The normalized spacial score (nSPS) is 11.4. The first kappa shape index (κ1) is 22.1. The van der Waals surface area contributed by atoms with Crippen LogP contribution in [0.5, 0.6) is 0 Å². The molecule has 0 spiro atoms. The molecule has 1 unspecified atom stereocenters. The number of esters is 1. The average molecular weight is 396 g/mol. The van der Waals surface area contributed by atoms with Crippen molar-refractivity contribution >= 4 is 17.8 Å². The summed E-state index contributed by atoms with van der Waals surface area (Å²) >= 11 is 0. The lowest BCUT2D eigenvalue weighted by Gasteiger charge is -2.19. The number of nitrogens with zero attached hydrogens (tertiary/aromatic N) is 1. The SMILES string of the molecule is CCCC(C)NC(=O)COC(=O)c1ccccc1C(=O)N(C)Cc1ccccc1. The lowest BCUT2D eigenvalue weighted by molar-refractivity contribution is -0.124. The zero-order valence-electron chi connectivity index (χ0n) is 17.2. The van der Waals surface area contributed by atoms with Gasteiger partial charge < -0.3 is 15.0 Å². The molecule has 1 N–H and O–H groups in total. The molecule has 0 radical (unpaired) electrons. The van der Waals surface area contributed by atoms with Gasteiger partial charge in [-0.3, -0.25) is 9.59 Å². The zero-order valence-corrected chi connectivity index (χ0v) is 17.2. The highest BCUT2D eigenvalue weighted by molar-refractivity contribution is 6.05. The van der Waals surface area contributed by atoms with E-state index in [-0.39, 0.29) is 35.6 Å². The van der Waals surface area contributed by atoms with Gasteiger partial charge in [-0.25, -0.2) is 4.79 Å². The molecular formula is C23H28N2O4. The zero-order chi connectivity index (χ0) is 21.2. The summed E-state index contributed by atoms with van der Waals surface area (Å²) in [7, 11) is 1.68. The van der Waals surface area contributed by atoms with Crippen molar-refractivity contribution in [2.24, 2.45) is 0 Å². The van der Waals surface area contributed by atoms with Crippen LogP contribution in [0.25, 0.3) is 0 Å². The minimum Gasteiger partial charge on any atom is -0.452 e. The second-order valence-electron chi connectivity index (χ2n) is 7.03. The molecule has 2 rings (SSSR count). The molecule has 2 aromatic carbocycles. The van der Waals surface area contributed by atoms with E-state index < -0.39 is 5.97 Å². The Morgan fingerprint density at radius 1 is 1.00 bits per heavy atom. The summed E-state index contributed by atoms with van der Waals surface area (Å²) in [5.74, 6) is -1.34. The molecule has 6 heteroatoms. The molecule has 0 bridgehead atoms. The van der Waals surface area contributed by atoms with Crippen molar-refractivity contribution < 1.29 is 19.1 Å². The van der Waals surface area contributed by atoms with Crippen LogP contribution < -0.4 is 5.32 Å². The van der Waals surface area contributed by atoms with Crippen molar-refractivity contribution in [1.82, 2.24) is 10.2 Å². The predicted octanol–water partition coefficient (Wildman–Crippen LogP) is 3.42. The van der Waals surface area contributed by atoms with Gasteiger partial charge in [0, 0.05) is 19.6 Å². The van der Waals surface area contributed by atoms with E-state index in [0.717, 1.165) is 18.4 Å². The topological polar surface area (TPSA) is 75.7 Å². The smallest absolute Gasteiger partial charge is 0.339 e. The van der Waals surface area contributed by atoms with E-state index in [0.29, 0.717) is 6.54 Å². The third kappa shape index (κ3) is 6.75. The summed E-state index contributed by atoms with van der Waals surface area (Å²) in [5.41, 5.74) is 1.38. The van der Waals surface area contributed by atoms with Gasteiger partial charge in [-0.15, -0.1) is 0 Å². The molecule has 0 aliphatic rings. The van der Waals surface area contributed by atoms with E-state index in [4.69, 9.17) is 4.74 Å². The molecule has 0 aliphatic carbocycles. The third-order valence-electron chi connectivity index (χ3n) is 4.45. The average Bonchev–Trinajstić information content (AvgIpc) is 2.72. The molecule has 0 saturated carbocycles. The number of nitrogens with one attached hydrogen (secondary N) is 1. The molecule has 6 nitrogen and oxygen atoms in total. The van der Waals surface area contributed by atoms with E-state index in [2.05, 4.69) is 5.32 Å². The number of amides is 2. The number of hydrogen-bond acceptors (Lipinski definition) is 4. The summed E-state index contributed by atoms with van der Waals surface area (Å²) in [6.07, 6.45) is 1.80. The second-order valence-corrected chi connectivity index (χ2v) is 7.03. The Balaban J connectivity index is 2.02. The van der Waals surface area contributed by atoms with Crippen LogP contribution >= 0.6 is 0 Å². The monoisotopic (exact) mass is 396 g/mol. The molecule has 0 aromatic heterocycles. The van der Waals surface area contributed by atoms with Crippen molar-refractivity contribution in [2.75, 3.05) is 13.7 Å². The third-order valence-corrected chi connectivity index (χ3v) is 4.45. The number of carbonyl (C=O) groups excluding carboxylic acids is 3. The number of ether oxygens (including phenoxy) is 1. The summed E-state index contributed by atoms with van der Waals surface area (Å²) in [5, 5.41) is 2.78. The molecule has 29 heavy (non-hydrogen) atoms. The number of benzene rings is 2. The maximum Gasteiger partial charge on any atom is 0.339 e. The summed E-state index contributed by atoms with van der Waals surface area (Å²) in [6.45, 7) is 3.97. The predicted molar refractivity (Wildman–Crippen MR) is 111 cm³/mol. The van der Waals surface area contributed by atoms with Gasteiger partial charge >= 0.3 is 5.97 Å². The van der Waals surface area contributed by atoms with Crippen LogP contribution in [0.3, 0.4) is 0 Å². The van der Waals surface area contributed by atoms with Crippen molar-refractivity contribution in [2.45, 2.75) is 39.3 Å². The van der Waals surface area contributed by atoms with Gasteiger partial charge in [0.1, 0.15) is 0 Å². The Hall–Kier alpha value is -3.15. The van der Waals surface area contributed by atoms with Crippen molar-refractivity contribution in [3.8, 4) is 0 Å². The lowest BCUT2D eigenvalue weighted by atomic mass is 10.1.